The largest absolute Gasteiger partial charge is 0.465 e. The Bertz CT molecular complexity index is 955. The molecular weight excluding hydrogens is 458 g/mol. The number of thiophene rings is 1. The van der Waals surface area contributed by atoms with Crippen LogP contribution in [0.4, 0.5) is 0 Å². The highest BCUT2D eigenvalue weighted by Gasteiger charge is 2.30. The highest BCUT2D eigenvalue weighted by molar-refractivity contribution is 7.14. The molecule has 6 heteroatoms. The Kier molecular flexibility index (Phi) is 11.0. The summed E-state index contributed by atoms with van der Waals surface area (Å²) in [6.07, 6.45) is 12.3. The Morgan fingerprint density at radius 2 is 1.97 bits per heavy atom. The number of amides is 1. The van der Waals surface area contributed by atoms with Gasteiger partial charge >= 0.3 is 5.97 Å². The van der Waals surface area contributed by atoms with E-state index in [9.17, 15) is 14.7 Å². The molecule has 2 heterocycles. The standard InChI is InChI=1S/C29H39NO4S/c1-22(10-5-3-6-11-23-12-7-4-8-13-23)26(31)18-15-24-16-20-28(32)30(24)21-9-14-25-17-19-27(35-25)29(33)34-2/h4,7-9,12-14,17,19,22,24,26,31H,3,5-6,10-11,15-16,18,20-21H2,1-2H3/t22-,24?,26+/m0/s1. The van der Waals surface area contributed by atoms with E-state index in [0.29, 0.717) is 17.8 Å². The molecule has 3 atom stereocenters. The van der Waals surface area contributed by atoms with Crippen molar-refractivity contribution in [2.45, 2.75) is 76.9 Å². The Labute approximate surface area is 213 Å². The van der Waals surface area contributed by atoms with Crippen molar-refractivity contribution in [1.29, 1.82) is 0 Å². The van der Waals surface area contributed by atoms with Crippen LogP contribution in [0.2, 0.25) is 0 Å². The number of esters is 1. The summed E-state index contributed by atoms with van der Waals surface area (Å²) in [5.74, 6) is 0.131. The smallest absolute Gasteiger partial charge is 0.348 e. The van der Waals surface area contributed by atoms with Crippen molar-refractivity contribution < 1.29 is 19.4 Å². The van der Waals surface area contributed by atoms with Crippen LogP contribution in [0.3, 0.4) is 0 Å². The van der Waals surface area contributed by atoms with Crippen LogP contribution in [0.25, 0.3) is 6.08 Å². The van der Waals surface area contributed by atoms with Crippen LogP contribution in [0, 0.1) is 5.92 Å². The van der Waals surface area contributed by atoms with Crippen molar-refractivity contribution in [2.75, 3.05) is 13.7 Å². The minimum absolute atomic E-state index is 0.182. The second-order valence-corrected chi connectivity index (χ2v) is 10.7. The second-order valence-electron chi connectivity index (χ2n) is 9.54. The summed E-state index contributed by atoms with van der Waals surface area (Å²) in [5.41, 5.74) is 1.40. The van der Waals surface area contributed by atoms with Gasteiger partial charge in [-0.2, -0.15) is 0 Å². The molecule has 1 aliphatic heterocycles. The lowest BCUT2D eigenvalue weighted by Gasteiger charge is -2.26. The molecule has 5 nitrogen and oxygen atoms in total. The monoisotopic (exact) mass is 497 g/mol. The van der Waals surface area contributed by atoms with Crippen LogP contribution in [-0.2, 0) is 16.0 Å². The molecule has 1 fully saturated rings. The fourth-order valence-electron chi connectivity index (χ4n) is 4.74. The first kappa shape index (κ1) is 27.2. The average Bonchev–Trinajstić information content (AvgIpc) is 3.49. The molecule has 1 saturated heterocycles. The van der Waals surface area contributed by atoms with Gasteiger partial charge in [0.15, 0.2) is 0 Å². The molecule has 35 heavy (non-hydrogen) atoms. The minimum atomic E-state index is -0.329. The van der Waals surface area contributed by atoms with Crippen LogP contribution in [0.1, 0.15) is 78.4 Å². The molecule has 0 aliphatic carbocycles. The molecule has 2 aromatic rings. The second kappa shape index (κ2) is 14.2. The predicted octanol–water partition coefficient (Wildman–Crippen LogP) is 6.12. The number of nitrogens with zero attached hydrogens (tertiary/aromatic N) is 1. The van der Waals surface area contributed by atoms with Crippen LogP contribution in [0.15, 0.2) is 48.5 Å². The molecule has 0 saturated carbocycles. The number of hydrogen-bond acceptors (Lipinski definition) is 5. The number of benzene rings is 1. The van der Waals surface area contributed by atoms with Crippen LogP contribution in [0.5, 0.6) is 0 Å². The summed E-state index contributed by atoms with van der Waals surface area (Å²) < 4.78 is 4.75. The van der Waals surface area contributed by atoms with E-state index in [0.717, 1.165) is 43.4 Å². The fourth-order valence-corrected chi connectivity index (χ4v) is 5.59. The Morgan fingerprint density at radius 1 is 1.17 bits per heavy atom. The van der Waals surface area contributed by atoms with E-state index in [1.165, 1.54) is 36.9 Å². The van der Waals surface area contributed by atoms with Crippen molar-refractivity contribution >= 4 is 29.3 Å². The van der Waals surface area contributed by atoms with Crippen molar-refractivity contribution in [2.24, 2.45) is 5.92 Å². The van der Waals surface area contributed by atoms with Gasteiger partial charge in [0.1, 0.15) is 4.88 Å². The van der Waals surface area contributed by atoms with E-state index in [1.54, 1.807) is 6.07 Å². The van der Waals surface area contributed by atoms with Crippen molar-refractivity contribution in [3.63, 3.8) is 0 Å². The summed E-state index contributed by atoms with van der Waals surface area (Å²) in [6.45, 7) is 2.70. The summed E-state index contributed by atoms with van der Waals surface area (Å²) in [7, 11) is 1.38. The number of likely N-dealkylation sites (tertiary alicyclic amines) is 1. The number of unbranched alkanes of at least 4 members (excludes halogenated alkanes) is 2. The minimum Gasteiger partial charge on any atom is -0.465 e. The van der Waals surface area contributed by atoms with Crippen molar-refractivity contribution in [3.05, 3.63) is 63.9 Å². The number of aliphatic hydroxyl groups excluding tert-OH is 1. The van der Waals surface area contributed by atoms with Gasteiger partial charge in [-0.1, -0.05) is 56.2 Å². The molecule has 1 aromatic heterocycles. The summed E-state index contributed by atoms with van der Waals surface area (Å²) >= 11 is 1.38. The van der Waals surface area contributed by atoms with Crippen molar-refractivity contribution in [3.8, 4) is 0 Å². The molecule has 190 valence electrons. The SMILES string of the molecule is COC(=O)c1ccc(C=CCN2C(=O)CCC2CC[C@@H](O)[C@@H](C)CCCCCc2ccccc2)s1. The average molecular weight is 498 g/mol. The normalized spacial score (nSPS) is 17.7. The van der Waals surface area contributed by atoms with E-state index in [-0.39, 0.29) is 29.9 Å². The zero-order valence-corrected chi connectivity index (χ0v) is 21.8. The van der Waals surface area contributed by atoms with Gasteiger partial charge in [0.2, 0.25) is 5.91 Å². The van der Waals surface area contributed by atoms with E-state index >= 15 is 0 Å². The van der Waals surface area contributed by atoms with E-state index < -0.39 is 0 Å². The molecule has 0 bridgehead atoms. The Morgan fingerprint density at radius 3 is 2.74 bits per heavy atom. The third-order valence-electron chi connectivity index (χ3n) is 6.97. The van der Waals surface area contributed by atoms with Gasteiger partial charge in [-0.3, -0.25) is 4.79 Å². The molecule has 0 spiro atoms. The number of methoxy groups -OCH3 is 1. The van der Waals surface area contributed by atoms with E-state index in [4.69, 9.17) is 4.74 Å². The maximum Gasteiger partial charge on any atom is 0.348 e. The van der Waals surface area contributed by atoms with Crippen LogP contribution >= 0.6 is 11.3 Å². The number of aliphatic hydroxyl groups is 1. The number of rotatable bonds is 14. The quantitative estimate of drug-likeness (QED) is 0.252. The molecular formula is C29H39NO4S. The molecule has 1 N–H and O–H groups in total. The predicted molar refractivity (Wildman–Crippen MR) is 142 cm³/mol. The van der Waals surface area contributed by atoms with Crippen molar-refractivity contribution in [1.82, 2.24) is 4.90 Å². The first-order chi connectivity index (χ1) is 17.0. The molecule has 1 amide bonds. The van der Waals surface area contributed by atoms with Crippen LogP contribution in [-0.4, -0.2) is 47.7 Å². The first-order valence-corrected chi connectivity index (χ1v) is 13.7. The molecule has 3 rings (SSSR count). The van der Waals surface area contributed by atoms with Gasteiger partial charge in [-0.25, -0.2) is 4.79 Å². The number of carbonyl (C=O) groups is 2. The number of aryl methyl sites for hydroxylation is 1. The van der Waals surface area contributed by atoms with E-state index in [2.05, 4.69) is 37.3 Å². The maximum absolute atomic E-state index is 12.4. The fraction of sp³-hybridized carbons (Fsp3) is 0.517. The lowest BCUT2D eigenvalue weighted by Crippen LogP contribution is -2.34. The van der Waals surface area contributed by atoms with Gasteiger partial charge < -0.3 is 14.7 Å². The summed E-state index contributed by atoms with van der Waals surface area (Å²) in [5, 5.41) is 10.7. The topological polar surface area (TPSA) is 66.8 Å². The third kappa shape index (κ3) is 8.62. The Hall–Kier alpha value is -2.44. The molecule has 0 radical (unpaired) electrons. The zero-order chi connectivity index (χ0) is 25.0. The Balaban J connectivity index is 1.36. The third-order valence-corrected chi connectivity index (χ3v) is 8.00. The first-order valence-electron chi connectivity index (χ1n) is 12.8. The van der Waals surface area contributed by atoms with Gasteiger partial charge in [0.25, 0.3) is 0 Å². The van der Waals surface area contributed by atoms with Gasteiger partial charge in [-0.15, -0.1) is 11.3 Å². The van der Waals surface area contributed by atoms with Gasteiger partial charge in [0.05, 0.1) is 13.2 Å². The number of hydrogen-bond donors (Lipinski definition) is 1. The number of ether oxygens (including phenoxy) is 1. The number of carbonyl (C=O) groups excluding carboxylic acids is 2. The van der Waals surface area contributed by atoms with Gasteiger partial charge in [-0.05, 0) is 68.2 Å². The molecule has 1 aliphatic rings. The van der Waals surface area contributed by atoms with Gasteiger partial charge in [0, 0.05) is 23.9 Å². The highest BCUT2D eigenvalue weighted by atomic mass is 32.1. The summed E-state index contributed by atoms with van der Waals surface area (Å²) in [6, 6.07) is 14.4. The maximum atomic E-state index is 12.4. The lowest BCUT2D eigenvalue weighted by atomic mass is 9.92. The highest BCUT2D eigenvalue weighted by Crippen LogP contribution is 2.26. The molecule has 1 aromatic carbocycles. The van der Waals surface area contributed by atoms with Crippen LogP contribution < -0.4 is 0 Å². The molecule has 1 unspecified atom stereocenters. The van der Waals surface area contributed by atoms with E-state index in [1.807, 2.05) is 23.1 Å². The zero-order valence-electron chi connectivity index (χ0n) is 21.0. The lowest BCUT2D eigenvalue weighted by molar-refractivity contribution is -0.128. The summed E-state index contributed by atoms with van der Waals surface area (Å²) in [4.78, 5) is 27.5.